The minimum absolute atomic E-state index is 0.533. The number of nitrogens with two attached hydrogens (primary N) is 1. The molecule has 0 aliphatic carbocycles. The monoisotopic (exact) mass is 251 g/mol. The SMILES string of the molecule is CCCOc1nc(NCCCC(C)C)ccc1N. The smallest absolute Gasteiger partial charge is 0.239 e. The van der Waals surface area contributed by atoms with Gasteiger partial charge in [0.05, 0.1) is 12.3 Å². The zero-order valence-corrected chi connectivity index (χ0v) is 11.7. The number of rotatable bonds is 8. The van der Waals surface area contributed by atoms with E-state index in [2.05, 4.69) is 31.1 Å². The molecule has 0 aliphatic heterocycles. The summed E-state index contributed by atoms with van der Waals surface area (Å²) < 4.78 is 5.50. The molecular formula is C14H25N3O. The Balaban J connectivity index is 2.45. The van der Waals surface area contributed by atoms with Crippen LogP contribution in [0.1, 0.15) is 40.0 Å². The summed E-state index contributed by atoms with van der Waals surface area (Å²) in [5.41, 5.74) is 6.40. The first-order valence-electron chi connectivity index (χ1n) is 6.76. The van der Waals surface area contributed by atoms with Crippen LogP contribution in [0, 0.1) is 5.92 Å². The summed E-state index contributed by atoms with van der Waals surface area (Å²) in [4.78, 5) is 4.37. The van der Waals surface area contributed by atoms with E-state index in [-0.39, 0.29) is 0 Å². The van der Waals surface area contributed by atoms with Crippen LogP contribution in [0.4, 0.5) is 11.5 Å². The Kier molecular flexibility index (Phi) is 6.33. The number of anilines is 2. The maximum atomic E-state index is 5.81. The van der Waals surface area contributed by atoms with Gasteiger partial charge in [-0.05, 0) is 37.3 Å². The summed E-state index contributed by atoms with van der Waals surface area (Å²) in [7, 11) is 0. The van der Waals surface area contributed by atoms with Crippen LogP contribution in [0.25, 0.3) is 0 Å². The Morgan fingerprint density at radius 3 is 2.83 bits per heavy atom. The number of hydrogen-bond donors (Lipinski definition) is 2. The molecule has 0 radical (unpaired) electrons. The third-order valence-electron chi connectivity index (χ3n) is 2.60. The maximum absolute atomic E-state index is 5.81. The number of pyridine rings is 1. The molecule has 0 bridgehead atoms. The summed E-state index contributed by atoms with van der Waals surface area (Å²) in [6, 6.07) is 3.73. The van der Waals surface area contributed by atoms with Crippen molar-refractivity contribution in [3.8, 4) is 5.88 Å². The van der Waals surface area contributed by atoms with E-state index in [4.69, 9.17) is 10.5 Å². The highest BCUT2D eigenvalue weighted by Gasteiger charge is 2.03. The second-order valence-corrected chi connectivity index (χ2v) is 4.90. The van der Waals surface area contributed by atoms with Crippen molar-refractivity contribution in [1.29, 1.82) is 0 Å². The predicted octanol–water partition coefficient (Wildman–Crippen LogP) is 3.30. The molecule has 18 heavy (non-hydrogen) atoms. The van der Waals surface area contributed by atoms with Gasteiger partial charge in [-0.15, -0.1) is 0 Å². The topological polar surface area (TPSA) is 60.2 Å². The Bertz CT molecular complexity index is 353. The molecule has 3 N–H and O–H groups in total. The van der Waals surface area contributed by atoms with Crippen molar-refractivity contribution in [3.63, 3.8) is 0 Å². The number of hydrogen-bond acceptors (Lipinski definition) is 4. The van der Waals surface area contributed by atoms with Crippen molar-refractivity contribution in [3.05, 3.63) is 12.1 Å². The average Bonchev–Trinajstić information content (AvgIpc) is 2.34. The first-order valence-corrected chi connectivity index (χ1v) is 6.76. The van der Waals surface area contributed by atoms with E-state index in [1.165, 1.54) is 6.42 Å². The van der Waals surface area contributed by atoms with E-state index < -0.39 is 0 Å². The normalized spacial score (nSPS) is 10.7. The standard InChI is InChI=1S/C14H25N3O/c1-4-10-18-14-12(15)7-8-13(17-14)16-9-5-6-11(2)3/h7-8,11H,4-6,9-10,15H2,1-3H3,(H,16,17). The van der Waals surface area contributed by atoms with Crippen molar-refractivity contribution in [2.75, 3.05) is 24.2 Å². The Morgan fingerprint density at radius 1 is 1.39 bits per heavy atom. The van der Waals surface area contributed by atoms with Crippen molar-refractivity contribution in [1.82, 2.24) is 4.98 Å². The van der Waals surface area contributed by atoms with Crippen molar-refractivity contribution >= 4 is 11.5 Å². The van der Waals surface area contributed by atoms with E-state index >= 15 is 0 Å². The fraction of sp³-hybridized carbons (Fsp3) is 0.643. The third kappa shape index (κ3) is 5.25. The second kappa shape index (κ2) is 7.80. The summed E-state index contributed by atoms with van der Waals surface area (Å²) in [6.07, 6.45) is 3.32. The molecule has 1 aromatic rings. The van der Waals surface area contributed by atoms with Gasteiger partial charge in [-0.25, -0.2) is 0 Å². The second-order valence-electron chi connectivity index (χ2n) is 4.90. The molecule has 0 aliphatic rings. The van der Waals surface area contributed by atoms with Gasteiger partial charge in [0.2, 0.25) is 5.88 Å². The van der Waals surface area contributed by atoms with Gasteiger partial charge in [0.1, 0.15) is 5.82 Å². The van der Waals surface area contributed by atoms with Crippen LogP contribution in [0.15, 0.2) is 12.1 Å². The number of nitrogens with zero attached hydrogens (tertiary/aromatic N) is 1. The third-order valence-corrected chi connectivity index (χ3v) is 2.60. The molecule has 1 rings (SSSR count). The first-order chi connectivity index (χ1) is 8.63. The number of ether oxygens (including phenoxy) is 1. The van der Waals surface area contributed by atoms with E-state index in [1.807, 2.05) is 12.1 Å². The highest BCUT2D eigenvalue weighted by atomic mass is 16.5. The molecule has 1 aromatic heterocycles. The van der Waals surface area contributed by atoms with E-state index in [9.17, 15) is 0 Å². The molecule has 0 aromatic carbocycles. The van der Waals surface area contributed by atoms with Gasteiger partial charge in [0.25, 0.3) is 0 Å². The van der Waals surface area contributed by atoms with Crippen LogP contribution in [0.3, 0.4) is 0 Å². The Morgan fingerprint density at radius 2 is 2.17 bits per heavy atom. The molecule has 0 saturated carbocycles. The predicted molar refractivity (Wildman–Crippen MR) is 77.0 cm³/mol. The lowest BCUT2D eigenvalue weighted by Gasteiger charge is -2.10. The van der Waals surface area contributed by atoms with Crippen molar-refractivity contribution in [2.24, 2.45) is 5.92 Å². The fourth-order valence-electron chi connectivity index (χ4n) is 1.59. The number of nitrogens with one attached hydrogen (secondary N) is 1. The van der Waals surface area contributed by atoms with Gasteiger partial charge in [-0.2, -0.15) is 4.98 Å². The lowest BCUT2D eigenvalue weighted by molar-refractivity contribution is 0.307. The minimum Gasteiger partial charge on any atom is -0.476 e. The molecule has 0 spiro atoms. The number of nitrogen functional groups attached to an aromatic ring is 1. The lowest BCUT2D eigenvalue weighted by Crippen LogP contribution is -2.07. The minimum atomic E-state index is 0.533. The highest BCUT2D eigenvalue weighted by molar-refractivity contribution is 5.53. The zero-order valence-electron chi connectivity index (χ0n) is 11.7. The van der Waals surface area contributed by atoms with Crippen LogP contribution in [-0.4, -0.2) is 18.1 Å². The Hall–Kier alpha value is -1.45. The summed E-state index contributed by atoms with van der Waals surface area (Å²) in [5.74, 6) is 2.11. The van der Waals surface area contributed by atoms with Crippen molar-refractivity contribution in [2.45, 2.75) is 40.0 Å². The van der Waals surface area contributed by atoms with E-state index in [0.717, 1.165) is 31.1 Å². The zero-order chi connectivity index (χ0) is 13.4. The largest absolute Gasteiger partial charge is 0.476 e. The first kappa shape index (κ1) is 14.6. The van der Waals surface area contributed by atoms with Gasteiger partial charge in [0.15, 0.2) is 0 Å². The molecule has 0 unspecified atom stereocenters. The van der Waals surface area contributed by atoms with E-state index in [0.29, 0.717) is 18.2 Å². The molecule has 0 amide bonds. The van der Waals surface area contributed by atoms with Gasteiger partial charge in [0, 0.05) is 6.54 Å². The molecule has 102 valence electrons. The maximum Gasteiger partial charge on any atom is 0.239 e. The van der Waals surface area contributed by atoms with Crippen LogP contribution in [-0.2, 0) is 0 Å². The van der Waals surface area contributed by atoms with Gasteiger partial charge >= 0.3 is 0 Å². The van der Waals surface area contributed by atoms with Crippen LogP contribution >= 0.6 is 0 Å². The Labute approximate surface area is 110 Å². The van der Waals surface area contributed by atoms with Crippen LogP contribution in [0.5, 0.6) is 5.88 Å². The van der Waals surface area contributed by atoms with Gasteiger partial charge in [-0.3, -0.25) is 0 Å². The van der Waals surface area contributed by atoms with Crippen LogP contribution in [0.2, 0.25) is 0 Å². The highest BCUT2D eigenvalue weighted by Crippen LogP contribution is 2.21. The molecule has 4 heteroatoms. The quantitative estimate of drug-likeness (QED) is 0.696. The van der Waals surface area contributed by atoms with Gasteiger partial charge in [-0.1, -0.05) is 20.8 Å². The summed E-state index contributed by atoms with van der Waals surface area (Å²) in [6.45, 7) is 8.11. The van der Waals surface area contributed by atoms with Crippen molar-refractivity contribution < 1.29 is 4.74 Å². The molecule has 4 nitrogen and oxygen atoms in total. The molecule has 0 saturated heterocycles. The molecule has 0 fully saturated rings. The summed E-state index contributed by atoms with van der Waals surface area (Å²) >= 11 is 0. The van der Waals surface area contributed by atoms with E-state index in [1.54, 1.807) is 0 Å². The van der Waals surface area contributed by atoms with Crippen LogP contribution < -0.4 is 15.8 Å². The summed E-state index contributed by atoms with van der Waals surface area (Å²) in [5, 5.41) is 3.30. The number of aromatic nitrogens is 1. The molecule has 0 atom stereocenters. The average molecular weight is 251 g/mol. The lowest BCUT2D eigenvalue weighted by atomic mass is 10.1. The molecular weight excluding hydrogens is 226 g/mol. The molecule has 1 heterocycles. The van der Waals surface area contributed by atoms with Gasteiger partial charge < -0.3 is 15.8 Å². The fourth-order valence-corrected chi connectivity index (χ4v) is 1.59.